The van der Waals surface area contributed by atoms with Gasteiger partial charge in [0.15, 0.2) is 0 Å². The number of carbonyl (C=O) groups is 2. The molecule has 3 atom stereocenters. The number of nitrogens with zero attached hydrogens (tertiary/aromatic N) is 2. The molecular formula is C26H24ClN3O3. The van der Waals surface area contributed by atoms with Gasteiger partial charge in [-0.25, -0.2) is 4.98 Å². The van der Waals surface area contributed by atoms with E-state index in [2.05, 4.69) is 22.4 Å². The monoisotopic (exact) mass is 461 g/mol. The number of benzene rings is 2. The molecule has 2 heterocycles. The molecule has 1 aromatic heterocycles. The normalized spacial score (nSPS) is 20.8. The Morgan fingerprint density at radius 3 is 2.36 bits per heavy atom. The first-order chi connectivity index (χ1) is 15.9. The number of fused-ring (bicyclic) bond motifs is 1. The summed E-state index contributed by atoms with van der Waals surface area (Å²) >= 11 is 5.80. The third kappa shape index (κ3) is 4.18. The molecule has 2 amide bonds. The number of rotatable bonds is 5. The van der Waals surface area contributed by atoms with Crippen molar-refractivity contribution < 1.29 is 14.3 Å². The molecule has 168 valence electrons. The van der Waals surface area contributed by atoms with Gasteiger partial charge in [0.2, 0.25) is 0 Å². The summed E-state index contributed by atoms with van der Waals surface area (Å²) in [7, 11) is 1.67. The average molecular weight is 462 g/mol. The number of aryl methyl sites for hydroxylation is 1. The molecule has 1 aliphatic carbocycles. The van der Waals surface area contributed by atoms with Crippen molar-refractivity contribution in [2.45, 2.75) is 12.8 Å². The first-order valence-electron chi connectivity index (χ1n) is 10.9. The highest BCUT2D eigenvalue weighted by atomic mass is 35.5. The first kappa shape index (κ1) is 21.5. The molecule has 2 fully saturated rings. The molecule has 0 radical (unpaired) electrons. The maximum absolute atomic E-state index is 13.2. The van der Waals surface area contributed by atoms with Gasteiger partial charge in [0.1, 0.15) is 10.9 Å². The van der Waals surface area contributed by atoms with Crippen molar-refractivity contribution in [3.05, 3.63) is 88.2 Å². The summed E-state index contributed by atoms with van der Waals surface area (Å²) in [6.07, 6.45) is 1.43. The van der Waals surface area contributed by atoms with Gasteiger partial charge in [0.05, 0.1) is 12.7 Å². The number of halogens is 1. The molecule has 1 unspecified atom stereocenters. The molecule has 1 saturated carbocycles. The second kappa shape index (κ2) is 8.52. The number of aromatic nitrogens is 1. The second-order valence-electron chi connectivity index (χ2n) is 8.69. The third-order valence-electron chi connectivity index (χ3n) is 6.70. The number of pyridine rings is 1. The van der Waals surface area contributed by atoms with E-state index in [1.54, 1.807) is 25.3 Å². The van der Waals surface area contributed by atoms with E-state index in [4.69, 9.17) is 16.3 Å². The van der Waals surface area contributed by atoms with E-state index >= 15 is 0 Å². The number of nitrogens with one attached hydrogen (secondary N) is 1. The first-order valence-corrected chi connectivity index (χ1v) is 11.3. The number of hydrogen-bond donors (Lipinski definition) is 1. The molecule has 3 aromatic rings. The van der Waals surface area contributed by atoms with Crippen LogP contribution < -0.4 is 10.1 Å². The van der Waals surface area contributed by atoms with Crippen LogP contribution in [0.25, 0.3) is 0 Å². The lowest BCUT2D eigenvalue weighted by atomic mass is 10.1. The van der Waals surface area contributed by atoms with Crippen molar-refractivity contribution in [3.63, 3.8) is 0 Å². The van der Waals surface area contributed by atoms with E-state index in [0.29, 0.717) is 39.7 Å². The van der Waals surface area contributed by atoms with Crippen molar-refractivity contribution in [2.75, 3.05) is 25.5 Å². The fourth-order valence-corrected chi connectivity index (χ4v) is 4.90. The number of likely N-dealkylation sites (tertiary alicyclic amines) is 1. The quantitative estimate of drug-likeness (QED) is 0.554. The van der Waals surface area contributed by atoms with E-state index in [0.717, 1.165) is 24.4 Å². The van der Waals surface area contributed by atoms with E-state index in [1.807, 2.05) is 36.1 Å². The lowest BCUT2D eigenvalue weighted by Crippen LogP contribution is -2.31. The van der Waals surface area contributed by atoms with Crippen LogP contribution in [-0.2, 0) is 0 Å². The Balaban J connectivity index is 1.24. The molecule has 2 aliphatic rings. The Morgan fingerprint density at radius 2 is 1.73 bits per heavy atom. The van der Waals surface area contributed by atoms with Gasteiger partial charge >= 0.3 is 0 Å². The predicted molar refractivity (Wildman–Crippen MR) is 127 cm³/mol. The zero-order valence-corrected chi connectivity index (χ0v) is 19.2. The molecule has 33 heavy (non-hydrogen) atoms. The number of anilines is 1. The van der Waals surface area contributed by atoms with Gasteiger partial charge in [-0.05, 0) is 72.2 Å². The van der Waals surface area contributed by atoms with Gasteiger partial charge in [-0.1, -0.05) is 29.8 Å². The maximum atomic E-state index is 13.2. The SMILES string of the molecule is COc1ccc([C@@H]2C3CN(C(=O)c4ccc(C)c(NC(=O)c5ccc(Cl)nc5)c4)C[C@H]32)cc1. The topological polar surface area (TPSA) is 71.5 Å². The molecular weight excluding hydrogens is 438 g/mol. The highest BCUT2D eigenvalue weighted by Crippen LogP contribution is 2.58. The predicted octanol–water partition coefficient (Wildman–Crippen LogP) is 4.79. The Labute approximate surface area is 197 Å². The highest BCUT2D eigenvalue weighted by molar-refractivity contribution is 6.29. The minimum absolute atomic E-state index is 0.000612. The van der Waals surface area contributed by atoms with Gasteiger partial charge in [0, 0.05) is 30.5 Å². The minimum atomic E-state index is -0.295. The van der Waals surface area contributed by atoms with E-state index in [9.17, 15) is 9.59 Å². The molecule has 1 aliphatic heterocycles. The summed E-state index contributed by atoms with van der Waals surface area (Å²) in [4.78, 5) is 31.6. The Kier molecular flexibility index (Phi) is 5.54. The fourth-order valence-electron chi connectivity index (χ4n) is 4.79. The summed E-state index contributed by atoms with van der Waals surface area (Å²) in [5.41, 5.74) is 3.79. The summed E-state index contributed by atoms with van der Waals surface area (Å²) in [6, 6.07) is 16.9. The Morgan fingerprint density at radius 1 is 1.03 bits per heavy atom. The minimum Gasteiger partial charge on any atom is -0.497 e. The number of ether oxygens (including phenoxy) is 1. The number of amides is 2. The zero-order chi connectivity index (χ0) is 23.1. The lowest BCUT2D eigenvalue weighted by Gasteiger charge is -2.21. The Bertz CT molecular complexity index is 1200. The number of hydrogen-bond acceptors (Lipinski definition) is 4. The van der Waals surface area contributed by atoms with Crippen LogP contribution in [0.5, 0.6) is 5.75 Å². The number of piperidine rings is 1. The highest BCUT2D eigenvalue weighted by Gasteiger charge is 2.57. The van der Waals surface area contributed by atoms with Crippen LogP contribution in [0.3, 0.4) is 0 Å². The molecule has 2 aromatic carbocycles. The summed E-state index contributed by atoms with van der Waals surface area (Å²) in [6.45, 7) is 3.41. The lowest BCUT2D eigenvalue weighted by molar-refractivity contribution is 0.0772. The smallest absolute Gasteiger partial charge is 0.257 e. The molecule has 6 nitrogen and oxygen atoms in total. The molecule has 0 bridgehead atoms. The van der Waals surface area contributed by atoms with Crippen LogP contribution >= 0.6 is 11.6 Å². The number of methoxy groups -OCH3 is 1. The van der Waals surface area contributed by atoms with Crippen molar-refractivity contribution in [1.29, 1.82) is 0 Å². The van der Waals surface area contributed by atoms with Crippen molar-refractivity contribution >= 4 is 29.1 Å². The third-order valence-corrected chi connectivity index (χ3v) is 6.93. The largest absolute Gasteiger partial charge is 0.497 e. The van der Waals surface area contributed by atoms with Crippen molar-refractivity contribution in [1.82, 2.24) is 9.88 Å². The molecule has 7 heteroatoms. The summed E-state index contributed by atoms with van der Waals surface area (Å²) in [5.74, 6) is 2.08. The summed E-state index contributed by atoms with van der Waals surface area (Å²) in [5, 5.41) is 3.21. The van der Waals surface area contributed by atoms with Gasteiger partial charge in [-0.3, -0.25) is 9.59 Å². The summed E-state index contributed by atoms with van der Waals surface area (Å²) < 4.78 is 5.25. The average Bonchev–Trinajstić information content (AvgIpc) is 3.33. The van der Waals surface area contributed by atoms with E-state index in [-0.39, 0.29) is 11.8 Å². The second-order valence-corrected chi connectivity index (χ2v) is 9.08. The van der Waals surface area contributed by atoms with Crippen LogP contribution in [0.1, 0.15) is 37.8 Å². The Hall–Kier alpha value is -3.38. The van der Waals surface area contributed by atoms with Crippen LogP contribution in [-0.4, -0.2) is 41.9 Å². The van der Waals surface area contributed by atoms with Gasteiger partial charge in [-0.15, -0.1) is 0 Å². The fraction of sp³-hybridized carbons (Fsp3) is 0.269. The molecule has 1 saturated heterocycles. The number of carbonyl (C=O) groups excluding carboxylic acids is 2. The standard InChI is InChI=1S/C26H24ClN3O3/c1-15-3-4-17(11-22(15)29-25(31)18-7-10-23(27)28-12-18)26(32)30-13-20-21(14-30)24(20)16-5-8-19(33-2)9-6-16/h3-12,20-21,24H,13-14H2,1-2H3,(H,29,31)/t20-,21?,24+/m1/s1. The van der Waals surface area contributed by atoms with Crippen LogP contribution in [0, 0.1) is 18.8 Å². The molecule has 1 N–H and O–H groups in total. The molecule has 5 rings (SSSR count). The van der Waals surface area contributed by atoms with Crippen LogP contribution in [0.2, 0.25) is 5.15 Å². The van der Waals surface area contributed by atoms with Gasteiger partial charge in [-0.2, -0.15) is 0 Å². The molecule has 0 spiro atoms. The van der Waals surface area contributed by atoms with Crippen molar-refractivity contribution in [2.24, 2.45) is 11.8 Å². The van der Waals surface area contributed by atoms with E-state index < -0.39 is 0 Å². The van der Waals surface area contributed by atoms with Crippen molar-refractivity contribution in [3.8, 4) is 5.75 Å². The van der Waals surface area contributed by atoms with E-state index in [1.165, 1.54) is 11.8 Å². The maximum Gasteiger partial charge on any atom is 0.257 e. The van der Waals surface area contributed by atoms with Gasteiger partial charge < -0.3 is 15.0 Å². The van der Waals surface area contributed by atoms with Crippen LogP contribution in [0.15, 0.2) is 60.8 Å². The zero-order valence-electron chi connectivity index (χ0n) is 18.4. The van der Waals surface area contributed by atoms with Gasteiger partial charge in [0.25, 0.3) is 11.8 Å². The van der Waals surface area contributed by atoms with Crippen LogP contribution in [0.4, 0.5) is 5.69 Å².